The van der Waals surface area contributed by atoms with Crippen molar-refractivity contribution in [2.75, 3.05) is 6.61 Å². The topological polar surface area (TPSA) is 52.6 Å². The number of benzene rings is 2. The van der Waals surface area contributed by atoms with Crippen LogP contribution in [0.2, 0.25) is 0 Å². The van der Waals surface area contributed by atoms with Crippen molar-refractivity contribution in [1.29, 1.82) is 0 Å². The Hall–Kier alpha value is -2.97. The van der Waals surface area contributed by atoms with E-state index in [4.69, 9.17) is 9.47 Å². The second-order valence-corrected chi connectivity index (χ2v) is 8.89. The fourth-order valence-corrected chi connectivity index (χ4v) is 3.93. The van der Waals surface area contributed by atoms with Gasteiger partial charge < -0.3 is 9.47 Å². The van der Waals surface area contributed by atoms with Crippen LogP contribution in [0.1, 0.15) is 110 Å². The zero-order valence-corrected chi connectivity index (χ0v) is 21.2. The molecule has 0 aliphatic rings. The predicted octanol–water partition coefficient (Wildman–Crippen LogP) is 8.38. The van der Waals surface area contributed by atoms with Crippen LogP contribution < -0.4 is 0 Å². The van der Waals surface area contributed by atoms with E-state index >= 15 is 0 Å². The summed E-state index contributed by atoms with van der Waals surface area (Å²) in [4.78, 5) is 25.2. The fourth-order valence-electron chi connectivity index (χ4n) is 3.93. The van der Waals surface area contributed by atoms with E-state index in [1.54, 1.807) is 0 Å². The van der Waals surface area contributed by atoms with Crippen molar-refractivity contribution < 1.29 is 41.0 Å². The molecule has 0 N–H and O–H groups in total. The molecule has 2 rings (SSSR count). The lowest BCUT2D eigenvalue weighted by Crippen LogP contribution is -2.18. The molecule has 0 fully saturated rings. The highest BCUT2D eigenvalue weighted by Crippen LogP contribution is 2.30. The Balaban J connectivity index is 1.90. The molecule has 0 radical (unpaired) electrons. The summed E-state index contributed by atoms with van der Waals surface area (Å²) >= 11 is 0. The van der Waals surface area contributed by atoms with Gasteiger partial charge in [-0.15, -0.1) is 0 Å². The maximum atomic E-state index is 14.1. The lowest BCUT2D eigenvalue weighted by atomic mass is 10.1. The summed E-state index contributed by atoms with van der Waals surface area (Å²) in [5.41, 5.74) is -1.68. The van der Waals surface area contributed by atoms with Gasteiger partial charge in [-0.1, -0.05) is 76.8 Å². The second-order valence-electron chi connectivity index (χ2n) is 8.89. The molecule has 0 amide bonds. The molecule has 204 valence electrons. The summed E-state index contributed by atoms with van der Waals surface area (Å²) in [6, 6.07) is 5.48. The Bertz CT molecular complexity index is 1030. The first-order valence-corrected chi connectivity index (χ1v) is 12.7. The van der Waals surface area contributed by atoms with Crippen LogP contribution in [0.15, 0.2) is 24.3 Å². The van der Waals surface area contributed by atoms with Gasteiger partial charge in [-0.25, -0.2) is 31.5 Å². The van der Waals surface area contributed by atoms with Crippen molar-refractivity contribution in [2.24, 2.45) is 0 Å². The van der Waals surface area contributed by atoms with Gasteiger partial charge in [0.2, 0.25) is 5.82 Å². The number of rotatable bonds is 15. The number of halogens is 5. The van der Waals surface area contributed by atoms with Gasteiger partial charge in [-0.2, -0.15) is 0 Å². The van der Waals surface area contributed by atoms with Crippen LogP contribution in [-0.4, -0.2) is 18.5 Å². The van der Waals surface area contributed by atoms with Gasteiger partial charge in [0.25, 0.3) is 0 Å². The van der Waals surface area contributed by atoms with Crippen molar-refractivity contribution in [1.82, 2.24) is 0 Å². The van der Waals surface area contributed by atoms with Crippen LogP contribution in [0, 0.1) is 29.1 Å². The van der Waals surface area contributed by atoms with Crippen LogP contribution in [0.3, 0.4) is 0 Å². The molecule has 0 saturated heterocycles. The zero-order chi connectivity index (χ0) is 27.4. The van der Waals surface area contributed by atoms with E-state index in [1.165, 1.54) is 62.8 Å². The Kier molecular flexibility index (Phi) is 12.5. The molecular weight excluding hydrogens is 495 g/mol. The smallest absolute Gasteiger partial charge is 0.339 e. The van der Waals surface area contributed by atoms with E-state index in [9.17, 15) is 31.5 Å². The minimum atomic E-state index is -2.31. The molecule has 0 spiro atoms. The molecule has 0 aliphatic carbocycles. The molecule has 9 heteroatoms. The average Bonchev–Trinajstić information content (AvgIpc) is 2.89. The Labute approximate surface area is 214 Å². The van der Waals surface area contributed by atoms with E-state index < -0.39 is 52.7 Å². The Morgan fingerprint density at radius 2 is 1.11 bits per heavy atom. The molecule has 0 heterocycles. The van der Waals surface area contributed by atoms with E-state index in [0.29, 0.717) is 6.42 Å². The van der Waals surface area contributed by atoms with Crippen LogP contribution in [0.5, 0.6) is 0 Å². The van der Waals surface area contributed by atoms with Crippen LogP contribution in [-0.2, 0) is 9.47 Å². The van der Waals surface area contributed by atoms with Crippen molar-refractivity contribution >= 4 is 11.9 Å². The lowest BCUT2D eigenvalue weighted by Gasteiger charge is -2.17. The number of ether oxygens (including phenoxy) is 2. The van der Waals surface area contributed by atoms with Gasteiger partial charge in [-0.05, 0) is 25.5 Å². The number of carbonyl (C=O) groups is 2. The molecule has 4 nitrogen and oxygen atoms in total. The van der Waals surface area contributed by atoms with Gasteiger partial charge in [0.05, 0.1) is 23.3 Å². The minimum absolute atomic E-state index is 0.135. The summed E-state index contributed by atoms with van der Waals surface area (Å²) in [7, 11) is 0. The lowest BCUT2D eigenvalue weighted by molar-refractivity contribution is 0.0307. The summed E-state index contributed by atoms with van der Waals surface area (Å²) in [6.07, 6.45) is 9.32. The van der Waals surface area contributed by atoms with Crippen molar-refractivity contribution in [2.45, 2.75) is 84.2 Å². The zero-order valence-electron chi connectivity index (χ0n) is 21.2. The minimum Gasteiger partial charge on any atom is -0.462 e. The van der Waals surface area contributed by atoms with E-state index in [2.05, 4.69) is 6.92 Å². The summed E-state index contributed by atoms with van der Waals surface area (Å²) in [5, 5.41) is 0. The summed E-state index contributed by atoms with van der Waals surface area (Å²) in [5.74, 6) is -12.8. The third-order valence-corrected chi connectivity index (χ3v) is 6.03. The number of carbonyl (C=O) groups excluding carboxylic acids is 2. The number of hydrogen-bond donors (Lipinski definition) is 0. The number of unbranched alkanes of at least 4 members (excludes halogenated alkanes) is 9. The van der Waals surface area contributed by atoms with Gasteiger partial charge in [-0.3, -0.25) is 0 Å². The highest BCUT2D eigenvalue weighted by Gasteiger charge is 2.31. The molecule has 0 aromatic heterocycles. The molecule has 2 aromatic rings. The first-order chi connectivity index (χ1) is 17.7. The number of hydrogen-bond acceptors (Lipinski definition) is 4. The monoisotopic (exact) mass is 528 g/mol. The second kappa shape index (κ2) is 15.3. The first-order valence-electron chi connectivity index (χ1n) is 12.7. The molecule has 37 heavy (non-hydrogen) atoms. The standard InChI is InChI=1S/C28H33F5O4/c1-3-4-5-6-7-8-9-10-11-14-17-36-27(34)19-15-12-13-16-20(19)28(35)37-18(2)21-22(29)24(31)26(33)25(32)23(21)30/h12-13,15-16,18H,3-11,14,17H2,1-2H3. The van der Waals surface area contributed by atoms with Crippen molar-refractivity contribution in [3.8, 4) is 0 Å². The highest BCUT2D eigenvalue weighted by atomic mass is 19.2. The average molecular weight is 529 g/mol. The molecule has 1 atom stereocenters. The van der Waals surface area contributed by atoms with Gasteiger partial charge in [0.1, 0.15) is 6.10 Å². The van der Waals surface area contributed by atoms with Crippen LogP contribution in [0.4, 0.5) is 22.0 Å². The summed E-state index contributed by atoms with van der Waals surface area (Å²) in [6.45, 7) is 3.30. The molecular formula is C28H33F5O4. The molecule has 0 bridgehead atoms. The van der Waals surface area contributed by atoms with Crippen LogP contribution >= 0.6 is 0 Å². The SMILES string of the molecule is CCCCCCCCCCCCOC(=O)c1ccccc1C(=O)OC(C)c1c(F)c(F)c(F)c(F)c1F. The third-order valence-electron chi connectivity index (χ3n) is 6.03. The van der Waals surface area contributed by atoms with E-state index in [1.807, 2.05) is 0 Å². The molecule has 2 aromatic carbocycles. The molecule has 1 unspecified atom stereocenters. The predicted molar refractivity (Wildman–Crippen MR) is 129 cm³/mol. The maximum absolute atomic E-state index is 14.1. The van der Waals surface area contributed by atoms with Crippen LogP contribution in [0.25, 0.3) is 0 Å². The fraction of sp³-hybridized carbons (Fsp3) is 0.500. The normalized spacial score (nSPS) is 11.9. The van der Waals surface area contributed by atoms with E-state index in [-0.39, 0.29) is 17.7 Å². The summed E-state index contributed by atoms with van der Waals surface area (Å²) < 4.78 is 78.7. The first kappa shape index (κ1) is 30.3. The quantitative estimate of drug-likeness (QED) is 0.0766. The third kappa shape index (κ3) is 8.54. The van der Waals surface area contributed by atoms with Crippen molar-refractivity contribution in [3.05, 3.63) is 70.0 Å². The van der Waals surface area contributed by atoms with Gasteiger partial charge in [0, 0.05) is 0 Å². The van der Waals surface area contributed by atoms with Crippen molar-refractivity contribution in [3.63, 3.8) is 0 Å². The number of esters is 2. The highest BCUT2D eigenvalue weighted by molar-refractivity contribution is 6.03. The van der Waals surface area contributed by atoms with Gasteiger partial charge in [0.15, 0.2) is 23.3 Å². The molecule has 0 saturated carbocycles. The maximum Gasteiger partial charge on any atom is 0.339 e. The molecule has 0 aliphatic heterocycles. The largest absolute Gasteiger partial charge is 0.462 e. The Morgan fingerprint density at radius 1 is 0.676 bits per heavy atom. The van der Waals surface area contributed by atoms with E-state index in [0.717, 1.165) is 26.2 Å². The Morgan fingerprint density at radius 3 is 1.62 bits per heavy atom. The van der Waals surface area contributed by atoms with Gasteiger partial charge >= 0.3 is 11.9 Å².